The smallest absolute Gasteiger partial charge is 0.355 e. The topological polar surface area (TPSA) is 199 Å². The lowest BCUT2D eigenvalue weighted by atomic mass is 9.86. The van der Waals surface area contributed by atoms with Gasteiger partial charge >= 0.3 is 5.97 Å². The van der Waals surface area contributed by atoms with Crippen LogP contribution in [0.2, 0.25) is 0 Å². The predicted molar refractivity (Wildman–Crippen MR) is 139 cm³/mol. The molecule has 0 radical (unpaired) electrons. The largest absolute Gasteiger partial charge is 0.464 e. The van der Waals surface area contributed by atoms with Crippen LogP contribution in [0, 0.1) is 0 Å². The number of allylic oxidation sites excluding steroid dienone is 1. The Labute approximate surface area is 224 Å². The molecule has 4 heterocycles. The minimum Gasteiger partial charge on any atom is -0.464 e. The van der Waals surface area contributed by atoms with Crippen molar-refractivity contribution in [2.45, 2.75) is 35.6 Å². The summed E-state index contributed by atoms with van der Waals surface area (Å²) in [5.41, 5.74) is 11.8. The van der Waals surface area contributed by atoms with Gasteiger partial charge in [0.25, 0.3) is 11.8 Å². The van der Waals surface area contributed by atoms with Gasteiger partial charge in [0, 0.05) is 51.8 Å². The summed E-state index contributed by atoms with van der Waals surface area (Å²) in [5.74, 6) is -0.589. The number of ether oxygens (including phenoxy) is 1. The van der Waals surface area contributed by atoms with Crippen molar-refractivity contribution < 1.29 is 24.3 Å². The number of amides is 2. The number of carbonyl (C=O) groups is 3. The van der Waals surface area contributed by atoms with Crippen molar-refractivity contribution in [3.05, 3.63) is 40.5 Å². The second-order valence-corrected chi connectivity index (χ2v) is 10.9. The van der Waals surface area contributed by atoms with Crippen LogP contribution < -0.4 is 16.8 Å². The molecule has 0 unspecified atom stereocenters. The lowest BCUT2D eigenvalue weighted by Gasteiger charge is -2.50. The molecule has 13 nitrogen and oxygen atoms in total. The SMILES string of the molecule is COC(=O)C1=C(Sc2ccncc2CSCCN)CC[C@@H]2[C@H](NC(=O)/C(=N\O)c3nsc(N)n3)C(=O)N12. The number of hydrogen-bond donors (Lipinski definition) is 4. The van der Waals surface area contributed by atoms with Crippen LogP contribution in [0.5, 0.6) is 0 Å². The van der Waals surface area contributed by atoms with Crippen LogP contribution in [0.1, 0.15) is 24.2 Å². The van der Waals surface area contributed by atoms with E-state index in [1.165, 1.54) is 23.8 Å². The van der Waals surface area contributed by atoms with Gasteiger partial charge in [-0.3, -0.25) is 19.5 Å². The highest BCUT2D eigenvalue weighted by Crippen LogP contribution is 2.44. The highest BCUT2D eigenvalue weighted by molar-refractivity contribution is 8.03. The Hall–Kier alpha value is -3.21. The molecule has 196 valence electrons. The minimum atomic E-state index is -0.921. The first-order valence-electron chi connectivity index (χ1n) is 11.0. The molecule has 2 aliphatic heterocycles. The van der Waals surface area contributed by atoms with Crippen LogP contribution in [-0.4, -0.2) is 79.4 Å². The molecule has 2 aliphatic rings. The van der Waals surface area contributed by atoms with Gasteiger partial charge in [-0.05, 0) is 24.5 Å². The molecule has 0 spiro atoms. The van der Waals surface area contributed by atoms with E-state index in [2.05, 4.69) is 24.8 Å². The molecule has 37 heavy (non-hydrogen) atoms. The van der Waals surface area contributed by atoms with Crippen molar-refractivity contribution in [2.24, 2.45) is 10.9 Å². The quantitative estimate of drug-likeness (QED) is 0.0781. The fourth-order valence-electron chi connectivity index (χ4n) is 3.97. The summed E-state index contributed by atoms with van der Waals surface area (Å²) < 4.78 is 8.86. The van der Waals surface area contributed by atoms with Crippen LogP contribution in [-0.2, 0) is 24.9 Å². The number of aromatic nitrogens is 3. The fraction of sp³-hybridized carbons (Fsp3) is 0.381. The monoisotopic (exact) mass is 564 g/mol. The number of nitrogens with zero attached hydrogens (tertiary/aromatic N) is 5. The number of nitrogens with two attached hydrogens (primary N) is 2. The maximum Gasteiger partial charge on any atom is 0.355 e. The van der Waals surface area contributed by atoms with Crippen molar-refractivity contribution in [3.63, 3.8) is 0 Å². The summed E-state index contributed by atoms with van der Waals surface area (Å²) in [4.78, 5) is 49.7. The number of fused-ring (bicyclic) bond motifs is 1. The second kappa shape index (κ2) is 11.9. The van der Waals surface area contributed by atoms with E-state index in [9.17, 15) is 19.6 Å². The number of thioether (sulfide) groups is 2. The summed E-state index contributed by atoms with van der Waals surface area (Å²) in [6.45, 7) is 0.571. The first-order valence-corrected chi connectivity index (χ1v) is 13.8. The Bertz CT molecular complexity index is 1270. The van der Waals surface area contributed by atoms with Gasteiger partial charge in [-0.15, -0.1) is 0 Å². The number of pyridine rings is 1. The Kier molecular flexibility index (Phi) is 8.63. The lowest BCUT2D eigenvalue weighted by Crippen LogP contribution is -2.72. The molecule has 2 atom stereocenters. The summed E-state index contributed by atoms with van der Waals surface area (Å²) in [6, 6.07) is 0.475. The van der Waals surface area contributed by atoms with E-state index >= 15 is 0 Å². The van der Waals surface area contributed by atoms with Crippen molar-refractivity contribution in [2.75, 3.05) is 25.1 Å². The number of nitrogen functional groups attached to an aromatic ring is 1. The van der Waals surface area contributed by atoms with E-state index in [-0.39, 0.29) is 16.7 Å². The highest BCUT2D eigenvalue weighted by atomic mass is 32.2. The van der Waals surface area contributed by atoms with Gasteiger partial charge in [0.1, 0.15) is 11.7 Å². The van der Waals surface area contributed by atoms with Gasteiger partial charge in [0.05, 0.1) is 13.2 Å². The molecule has 1 fully saturated rings. The molecule has 0 saturated carbocycles. The Morgan fingerprint density at radius 1 is 1.43 bits per heavy atom. The van der Waals surface area contributed by atoms with Crippen LogP contribution in [0.3, 0.4) is 0 Å². The van der Waals surface area contributed by atoms with Gasteiger partial charge in [-0.25, -0.2) is 4.79 Å². The number of oxime groups is 1. The number of esters is 1. The third kappa shape index (κ3) is 5.56. The number of methoxy groups -OCH3 is 1. The maximum absolute atomic E-state index is 13.1. The minimum absolute atomic E-state index is 0.0929. The standard InChI is InChI=1S/C21H24N8O5S3/c1-34-20(32)16-13(36-12-4-6-24-8-10(12)9-35-7-5-22)3-2-11-14(19(31)29(11)16)25-18(30)15(27-33)17-26-21(23)37-28-17/h4,6,8,11,14,33H,2-3,5,7,9,22H2,1H3,(H,25,30)(H2,23,26,28)/b27-15-/t11-,14+/m1/s1. The second-order valence-electron chi connectivity index (χ2n) is 7.86. The van der Waals surface area contributed by atoms with Crippen LogP contribution in [0.15, 0.2) is 39.1 Å². The zero-order valence-electron chi connectivity index (χ0n) is 19.6. The lowest BCUT2D eigenvalue weighted by molar-refractivity contribution is -0.156. The average molecular weight is 565 g/mol. The van der Waals surface area contributed by atoms with Gasteiger partial charge in [0.2, 0.25) is 11.5 Å². The molecule has 2 aromatic heterocycles. The predicted octanol–water partition coefficient (Wildman–Crippen LogP) is 0.552. The molecule has 16 heteroatoms. The molecule has 0 bridgehead atoms. The van der Waals surface area contributed by atoms with E-state index in [4.69, 9.17) is 16.2 Å². The highest BCUT2D eigenvalue weighted by Gasteiger charge is 2.54. The Balaban J connectivity index is 1.54. The van der Waals surface area contributed by atoms with Gasteiger partial charge in [0.15, 0.2) is 5.13 Å². The molecule has 2 aromatic rings. The van der Waals surface area contributed by atoms with E-state index in [0.29, 0.717) is 30.0 Å². The molecular formula is C21H24N8O5S3. The van der Waals surface area contributed by atoms with Gasteiger partial charge in [-0.1, -0.05) is 16.9 Å². The number of anilines is 1. The van der Waals surface area contributed by atoms with E-state index in [0.717, 1.165) is 27.7 Å². The van der Waals surface area contributed by atoms with Gasteiger partial charge < -0.3 is 26.7 Å². The molecule has 4 rings (SSSR count). The van der Waals surface area contributed by atoms with E-state index < -0.39 is 35.6 Å². The van der Waals surface area contributed by atoms with Crippen molar-refractivity contribution in [1.82, 2.24) is 24.6 Å². The number of hydrogen-bond acceptors (Lipinski definition) is 14. The fourth-order valence-corrected chi connectivity index (χ4v) is 6.40. The molecule has 2 amide bonds. The summed E-state index contributed by atoms with van der Waals surface area (Å²) in [6.07, 6.45) is 4.43. The Morgan fingerprint density at radius 3 is 2.92 bits per heavy atom. The van der Waals surface area contributed by atoms with E-state index in [1.807, 2.05) is 6.07 Å². The Morgan fingerprint density at radius 2 is 2.24 bits per heavy atom. The third-order valence-corrected chi connectivity index (χ3v) is 8.48. The van der Waals surface area contributed by atoms with Crippen molar-refractivity contribution in [1.29, 1.82) is 0 Å². The third-order valence-electron chi connectivity index (χ3n) is 5.64. The van der Waals surface area contributed by atoms with Crippen LogP contribution >= 0.6 is 35.1 Å². The zero-order chi connectivity index (χ0) is 26.5. The van der Waals surface area contributed by atoms with Crippen molar-refractivity contribution >= 4 is 63.7 Å². The normalized spacial score (nSPS) is 19.4. The van der Waals surface area contributed by atoms with Gasteiger partial charge in [-0.2, -0.15) is 21.1 Å². The maximum atomic E-state index is 13.1. The molecule has 0 aromatic carbocycles. The molecule has 6 N–H and O–H groups in total. The number of nitrogens with one attached hydrogen (secondary N) is 1. The summed E-state index contributed by atoms with van der Waals surface area (Å²) in [5, 5.41) is 14.9. The average Bonchev–Trinajstić information content (AvgIpc) is 3.33. The zero-order valence-corrected chi connectivity index (χ0v) is 22.1. The van der Waals surface area contributed by atoms with Crippen LogP contribution in [0.4, 0.5) is 5.13 Å². The summed E-state index contributed by atoms with van der Waals surface area (Å²) >= 11 is 3.92. The van der Waals surface area contributed by atoms with Crippen molar-refractivity contribution in [3.8, 4) is 0 Å². The first kappa shape index (κ1) is 26.8. The first-order chi connectivity index (χ1) is 17.9. The van der Waals surface area contributed by atoms with E-state index in [1.54, 1.807) is 24.2 Å². The molecule has 0 aliphatic carbocycles. The number of β-lactam (4-membered cyclic amide) rings is 1. The number of carbonyl (C=O) groups excluding carboxylic acids is 3. The molecular weight excluding hydrogens is 540 g/mol. The summed E-state index contributed by atoms with van der Waals surface area (Å²) in [7, 11) is 1.25. The van der Waals surface area contributed by atoms with Crippen LogP contribution in [0.25, 0.3) is 0 Å². The molecule has 1 saturated heterocycles. The number of rotatable bonds is 10.